The molecule has 1 nitrogen and oxygen atoms in total. The van der Waals surface area contributed by atoms with Crippen LogP contribution < -0.4 is 0 Å². The second-order valence-electron chi connectivity index (χ2n) is 10.2. The molecule has 1 aromatic heterocycles. The van der Waals surface area contributed by atoms with Crippen molar-refractivity contribution in [2.24, 2.45) is 0 Å². The van der Waals surface area contributed by atoms with Crippen molar-refractivity contribution in [1.29, 1.82) is 0 Å². The van der Waals surface area contributed by atoms with Gasteiger partial charge < -0.3 is 4.57 Å². The average Bonchev–Trinajstić information content (AvgIpc) is 3.37. The van der Waals surface area contributed by atoms with Crippen molar-refractivity contribution in [3.8, 4) is 27.9 Å². The topological polar surface area (TPSA) is 4.93 Å². The SMILES string of the molecule is c1ccc(-c2cc(-c3ccccc3)cc(-n3c4ccc5ccccc5c4c4c5ccccc5ccc43)c2)cc1. The monoisotopic (exact) mass is 495 g/mol. The summed E-state index contributed by atoms with van der Waals surface area (Å²) in [7, 11) is 0. The lowest BCUT2D eigenvalue weighted by molar-refractivity contribution is 1.18. The quantitative estimate of drug-likeness (QED) is 0.230. The molecule has 0 saturated carbocycles. The van der Waals surface area contributed by atoms with E-state index in [2.05, 4.69) is 156 Å². The molecule has 0 N–H and O–H groups in total. The molecule has 0 saturated heterocycles. The zero-order valence-corrected chi connectivity index (χ0v) is 21.4. The van der Waals surface area contributed by atoms with E-state index in [1.807, 2.05) is 0 Å². The van der Waals surface area contributed by atoms with Crippen LogP contribution in [-0.2, 0) is 0 Å². The van der Waals surface area contributed by atoms with Gasteiger partial charge in [-0.05, 0) is 74.1 Å². The molecule has 0 radical (unpaired) electrons. The molecular weight excluding hydrogens is 470 g/mol. The number of hydrogen-bond donors (Lipinski definition) is 0. The van der Waals surface area contributed by atoms with Gasteiger partial charge >= 0.3 is 0 Å². The summed E-state index contributed by atoms with van der Waals surface area (Å²) < 4.78 is 2.46. The van der Waals surface area contributed by atoms with E-state index < -0.39 is 0 Å². The molecule has 1 heteroatoms. The van der Waals surface area contributed by atoms with Crippen molar-refractivity contribution < 1.29 is 0 Å². The summed E-state index contributed by atoms with van der Waals surface area (Å²) in [6.07, 6.45) is 0. The Balaban J connectivity index is 1.54. The molecule has 0 aliphatic rings. The van der Waals surface area contributed by atoms with E-state index in [1.165, 1.54) is 71.3 Å². The third-order valence-corrected chi connectivity index (χ3v) is 7.94. The fourth-order valence-electron chi connectivity index (χ4n) is 6.16. The van der Waals surface area contributed by atoms with E-state index in [0.29, 0.717) is 0 Å². The molecule has 0 spiro atoms. The first-order valence-corrected chi connectivity index (χ1v) is 13.5. The van der Waals surface area contributed by atoms with Gasteiger partial charge in [-0.1, -0.05) is 121 Å². The van der Waals surface area contributed by atoms with Gasteiger partial charge in [0, 0.05) is 16.5 Å². The Bertz CT molecular complexity index is 2000. The summed E-state index contributed by atoms with van der Waals surface area (Å²) in [5, 5.41) is 7.73. The van der Waals surface area contributed by atoms with Gasteiger partial charge in [-0.15, -0.1) is 0 Å². The van der Waals surface area contributed by atoms with Crippen LogP contribution >= 0.6 is 0 Å². The second kappa shape index (κ2) is 8.72. The fourth-order valence-corrected chi connectivity index (χ4v) is 6.16. The first kappa shape index (κ1) is 21.9. The largest absolute Gasteiger partial charge is 0.309 e. The van der Waals surface area contributed by atoms with Crippen molar-refractivity contribution >= 4 is 43.4 Å². The Hall–Kier alpha value is -5.14. The molecule has 0 aliphatic heterocycles. The van der Waals surface area contributed by atoms with Crippen LogP contribution in [0.25, 0.3) is 71.3 Å². The summed E-state index contributed by atoms with van der Waals surface area (Å²) >= 11 is 0. The summed E-state index contributed by atoms with van der Waals surface area (Å²) in [5.41, 5.74) is 8.47. The Morgan fingerprint density at radius 1 is 0.333 bits per heavy atom. The van der Waals surface area contributed by atoms with Gasteiger partial charge in [-0.2, -0.15) is 0 Å². The molecule has 39 heavy (non-hydrogen) atoms. The van der Waals surface area contributed by atoms with Crippen molar-refractivity contribution in [3.05, 3.63) is 152 Å². The maximum atomic E-state index is 2.46. The first-order chi connectivity index (χ1) is 19.3. The zero-order valence-electron chi connectivity index (χ0n) is 21.4. The second-order valence-corrected chi connectivity index (χ2v) is 10.2. The fraction of sp³-hybridized carbons (Fsp3) is 0. The number of aromatic nitrogens is 1. The van der Waals surface area contributed by atoms with Crippen molar-refractivity contribution in [2.75, 3.05) is 0 Å². The maximum absolute atomic E-state index is 2.46. The minimum Gasteiger partial charge on any atom is -0.309 e. The van der Waals surface area contributed by atoms with Gasteiger partial charge in [-0.3, -0.25) is 0 Å². The van der Waals surface area contributed by atoms with E-state index in [1.54, 1.807) is 0 Å². The van der Waals surface area contributed by atoms with Gasteiger partial charge in [-0.25, -0.2) is 0 Å². The number of hydrogen-bond acceptors (Lipinski definition) is 0. The highest BCUT2D eigenvalue weighted by atomic mass is 15.0. The zero-order chi connectivity index (χ0) is 25.8. The van der Waals surface area contributed by atoms with Crippen LogP contribution in [0.3, 0.4) is 0 Å². The normalized spacial score (nSPS) is 11.6. The minimum atomic E-state index is 1.17. The van der Waals surface area contributed by atoms with Gasteiger partial charge in [0.05, 0.1) is 11.0 Å². The lowest BCUT2D eigenvalue weighted by atomic mass is 9.98. The van der Waals surface area contributed by atoms with Gasteiger partial charge in [0.25, 0.3) is 0 Å². The van der Waals surface area contributed by atoms with E-state index in [-0.39, 0.29) is 0 Å². The Kier molecular flexibility index (Phi) is 4.89. The molecule has 0 atom stereocenters. The van der Waals surface area contributed by atoms with Crippen LogP contribution in [0.4, 0.5) is 0 Å². The molecule has 1 heterocycles. The number of nitrogens with zero attached hydrogens (tertiary/aromatic N) is 1. The van der Waals surface area contributed by atoms with Crippen LogP contribution in [0.1, 0.15) is 0 Å². The standard InChI is InChI=1S/C38H25N/c1-3-11-26(12-4-1)30-23-31(27-13-5-2-6-14-27)25-32(24-30)39-35-21-19-28-15-7-9-17-33(28)37(35)38-34-18-10-8-16-29(34)20-22-36(38)39/h1-25H. The third kappa shape index (κ3) is 3.48. The Morgan fingerprint density at radius 2 is 0.769 bits per heavy atom. The number of benzene rings is 7. The van der Waals surface area contributed by atoms with Crippen molar-refractivity contribution in [3.63, 3.8) is 0 Å². The summed E-state index contributed by atoms with van der Waals surface area (Å²) in [6.45, 7) is 0. The molecule has 0 bridgehead atoms. The molecule has 0 amide bonds. The predicted molar refractivity (Wildman–Crippen MR) is 167 cm³/mol. The Labute approximate surface area is 227 Å². The summed E-state index contributed by atoms with van der Waals surface area (Å²) in [6, 6.07) is 55.0. The van der Waals surface area contributed by atoms with Gasteiger partial charge in [0.15, 0.2) is 0 Å². The lowest BCUT2D eigenvalue weighted by Crippen LogP contribution is -1.96. The Morgan fingerprint density at radius 3 is 1.26 bits per heavy atom. The highest BCUT2D eigenvalue weighted by Gasteiger charge is 2.18. The number of fused-ring (bicyclic) bond motifs is 7. The minimum absolute atomic E-state index is 1.17. The van der Waals surface area contributed by atoms with Crippen molar-refractivity contribution in [1.82, 2.24) is 4.57 Å². The molecule has 8 rings (SSSR count). The maximum Gasteiger partial charge on any atom is 0.0547 e. The van der Waals surface area contributed by atoms with Gasteiger partial charge in [0.1, 0.15) is 0 Å². The number of rotatable bonds is 3. The summed E-state index contributed by atoms with van der Waals surface area (Å²) in [5.74, 6) is 0. The van der Waals surface area contributed by atoms with Crippen LogP contribution in [-0.4, -0.2) is 4.57 Å². The van der Waals surface area contributed by atoms with E-state index >= 15 is 0 Å². The third-order valence-electron chi connectivity index (χ3n) is 7.94. The van der Waals surface area contributed by atoms with E-state index in [0.717, 1.165) is 0 Å². The smallest absolute Gasteiger partial charge is 0.0547 e. The van der Waals surface area contributed by atoms with Crippen LogP contribution in [0, 0.1) is 0 Å². The van der Waals surface area contributed by atoms with Crippen molar-refractivity contribution in [2.45, 2.75) is 0 Å². The molecular formula is C38H25N. The first-order valence-electron chi connectivity index (χ1n) is 13.5. The van der Waals surface area contributed by atoms with E-state index in [4.69, 9.17) is 0 Å². The predicted octanol–water partition coefficient (Wildman–Crippen LogP) is 10.4. The molecule has 0 aliphatic carbocycles. The van der Waals surface area contributed by atoms with Gasteiger partial charge in [0.2, 0.25) is 0 Å². The van der Waals surface area contributed by atoms with Crippen LogP contribution in [0.15, 0.2) is 152 Å². The molecule has 7 aromatic carbocycles. The molecule has 8 aromatic rings. The highest BCUT2D eigenvalue weighted by molar-refractivity contribution is 6.28. The average molecular weight is 496 g/mol. The summed E-state index contributed by atoms with van der Waals surface area (Å²) in [4.78, 5) is 0. The molecule has 0 fully saturated rings. The highest BCUT2D eigenvalue weighted by Crippen LogP contribution is 2.41. The van der Waals surface area contributed by atoms with Crippen LogP contribution in [0.2, 0.25) is 0 Å². The molecule has 182 valence electrons. The van der Waals surface area contributed by atoms with Crippen LogP contribution in [0.5, 0.6) is 0 Å². The molecule has 0 unspecified atom stereocenters. The lowest BCUT2D eigenvalue weighted by Gasteiger charge is -2.14. The van der Waals surface area contributed by atoms with E-state index in [9.17, 15) is 0 Å².